The predicted molar refractivity (Wildman–Crippen MR) is 88.3 cm³/mol. The van der Waals surface area contributed by atoms with Crippen LogP contribution in [-0.2, 0) is 17.8 Å². The molecule has 1 saturated carbocycles. The lowest BCUT2D eigenvalue weighted by Gasteiger charge is -2.21. The third-order valence-corrected chi connectivity index (χ3v) is 3.94. The molecule has 1 N–H and O–H groups in total. The van der Waals surface area contributed by atoms with Crippen molar-refractivity contribution < 1.29 is 4.74 Å². The van der Waals surface area contributed by atoms with Crippen molar-refractivity contribution in [2.75, 3.05) is 26.8 Å². The van der Waals surface area contributed by atoms with E-state index in [0.717, 1.165) is 38.8 Å². The summed E-state index contributed by atoms with van der Waals surface area (Å²) in [4.78, 5) is 2.55. The first kappa shape index (κ1) is 16.5. The van der Waals surface area contributed by atoms with E-state index in [1.165, 1.54) is 24.0 Å². The zero-order chi connectivity index (χ0) is 15.1. The normalized spacial score (nSPS) is 15.1. The third-order valence-electron chi connectivity index (χ3n) is 3.94. The largest absolute Gasteiger partial charge is 0.383 e. The maximum absolute atomic E-state index is 5.22. The minimum Gasteiger partial charge on any atom is -0.383 e. The maximum Gasteiger partial charge on any atom is 0.0589 e. The number of methoxy groups -OCH3 is 1. The van der Waals surface area contributed by atoms with E-state index < -0.39 is 0 Å². The van der Waals surface area contributed by atoms with E-state index >= 15 is 0 Å². The van der Waals surface area contributed by atoms with Gasteiger partial charge in [0.1, 0.15) is 0 Å². The average Bonchev–Trinajstić information content (AvgIpc) is 3.29. The number of nitrogens with zero attached hydrogens (tertiary/aromatic N) is 1. The second kappa shape index (κ2) is 8.52. The zero-order valence-electron chi connectivity index (χ0n) is 13.8. The van der Waals surface area contributed by atoms with E-state index in [0.29, 0.717) is 5.92 Å². The van der Waals surface area contributed by atoms with Crippen molar-refractivity contribution in [2.45, 2.75) is 45.8 Å². The van der Waals surface area contributed by atoms with E-state index in [1.807, 2.05) is 0 Å². The molecule has 3 heteroatoms. The Labute approximate surface area is 129 Å². The molecule has 1 aromatic carbocycles. The van der Waals surface area contributed by atoms with E-state index in [2.05, 4.69) is 48.3 Å². The highest BCUT2D eigenvalue weighted by atomic mass is 16.5. The van der Waals surface area contributed by atoms with E-state index in [9.17, 15) is 0 Å². The van der Waals surface area contributed by atoms with Gasteiger partial charge in [-0.3, -0.25) is 4.90 Å². The van der Waals surface area contributed by atoms with Gasteiger partial charge in [0.05, 0.1) is 6.61 Å². The molecular formula is C18H30N2O. The van der Waals surface area contributed by atoms with E-state index in [4.69, 9.17) is 4.74 Å². The van der Waals surface area contributed by atoms with Gasteiger partial charge in [0.25, 0.3) is 0 Å². The summed E-state index contributed by atoms with van der Waals surface area (Å²) in [5, 5.41) is 3.49. The summed E-state index contributed by atoms with van der Waals surface area (Å²) in [5.74, 6) is 0.706. The molecule has 0 atom stereocenters. The molecule has 0 amide bonds. The molecule has 1 aromatic rings. The van der Waals surface area contributed by atoms with Gasteiger partial charge < -0.3 is 10.1 Å². The number of hydrogen-bond donors (Lipinski definition) is 1. The van der Waals surface area contributed by atoms with Crippen LogP contribution in [0, 0.1) is 5.92 Å². The van der Waals surface area contributed by atoms with E-state index in [1.54, 1.807) is 7.11 Å². The molecule has 3 nitrogen and oxygen atoms in total. The van der Waals surface area contributed by atoms with Gasteiger partial charge >= 0.3 is 0 Å². The number of hydrogen-bond acceptors (Lipinski definition) is 3. The minimum absolute atomic E-state index is 0.706. The molecule has 0 bridgehead atoms. The number of benzene rings is 1. The Morgan fingerprint density at radius 2 is 1.86 bits per heavy atom. The van der Waals surface area contributed by atoms with Crippen LogP contribution in [-0.4, -0.2) is 37.7 Å². The molecule has 0 unspecified atom stereocenters. The molecule has 0 heterocycles. The fourth-order valence-electron chi connectivity index (χ4n) is 2.54. The standard InChI is InChI=1S/C18H30N2O/c1-15(2)12-19-13-16-4-6-17(7-5-16)14-20(10-11-21-3)18-8-9-18/h4-7,15,18-19H,8-14H2,1-3H3. The molecule has 0 radical (unpaired) electrons. The van der Waals surface area contributed by atoms with Gasteiger partial charge in [-0.25, -0.2) is 0 Å². The smallest absolute Gasteiger partial charge is 0.0589 e. The lowest BCUT2D eigenvalue weighted by atomic mass is 10.1. The van der Waals surface area contributed by atoms with Crippen LogP contribution in [0.1, 0.15) is 37.8 Å². The summed E-state index contributed by atoms with van der Waals surface area (Å²) in [6.45, 7) is 9.44. The SMILES string of the molecule is COCCN(Cc1ccc(CNCC(C)C)cc1)C1CC1. The number of ether oxygens (including phenoxy) is 1. The second-order valence-electron chi connectivity index (χ2n) is 6.54. The summed E-state index contributed by atoms with van der Waals surface area (Å²) in [7, 11) is 1.78. The minimum atomic E-state index is 0.706. The van der Waals surface area contributed by atoms with Gasteiger partial charge in [-0.1, -0.05) is 38.1 Å². The van der Waals surface area contributed by atoms with Crippen LogP contribution in [0.2, 0.25) is 0 Å². The summed E-state index contributed by atoms with van der Waals surface area (Å²) in [6.07, 6.45) is 2.70. The molecule has 21 heavy (non-hydrogen) atoms. The first-order valence-corrected chi connectivity index (χ1v) is 8.20. The molecule has 1 aliphatic carbocycles. The highest BCUT2D eigenvalue weighted by Gasteiger charge is 2.28. The van der Waals surface area contributed by atoms with Gasteiger partial charge in [-0.15, -0.1) is 0 Å². The topological polar surface area (TPSA) is 24.5 Å². The van der Waals surface area contributed by atoms with Gasteiger partial charge in [-0.05, 0) is 36.4 Å². The lowest BCUT2D eigenvalue weighted by molar-refractivity contribution is 0.139. The summed E-state index contributed by atoms with van der Waals surface area (Å²) < 4.78 is 5.22. The van der Waals surface area contributed by atoms with Crippen molar-refractivity contribution >= 4 is 0 Å². The van der Waals surface area contributed by atoms with Gasteiger partial charge in [0, 0.05) is 32.8 Å². The summed E-state index contributed by atoms with van der Waals surface area (Å²) >= 11 is 0. The van der Waals surface area contributed by atoms with Crippen molar-refractivity contribution in [2.24, 2.45) is 5.92 Å². The molecule has 2 rings (SSSR count). The van der Waals surface area contributed by atoms with Gasteiger partial charge in [0.15, 0.2) is 0 Å². The molecule has 0 saturated heterocycles. The van der Waals surface area contributed by atoms with Crippen LogP contribution in [0.5, 0.6) is 0 Å². The van der Waals surface area contributed by atoms with Gasteiger partial charge in [0.2, 0.25) is 0 Å². The molecule has 0 aliphatic heterocycles. The van der Waals surface area contributed by atoms with Crippen LogP contribution in [0.4, 0.5) is 0 Å². The third kappa shape index (κ3) is 6.16. The van der Waals surface area contributed by atoms with E-state index in [-0.39, 0.29) is 0 Å². The summed E-state index contributed by atoms with van der Waals surface area (Å²) in [6, 6.07) is 9.84. The van der Waals surface area contributed by atoms with Crippen molar-refractivity contribution in [3.63, 3.8) is 0 Å². The predicted octanol–water partition coefficient (Wildman–Crippen LogP) is 3.04. The number of rotatable bonds is 10. The highest BCUT2D eigenvalue weighted by molar-refractivity contribution is 5.22. The highest BCUT2D eigenvalue weighted by Crippen LogP contribution is 2.28. The fraction of sp³-hybridized carbons (Fsp3) is 0.667. The zero-order valence-corrected chi connectivity index (χ0v) is 13.8. The Balaban J connectivity index is 1.80. The van der Waals surface area contributed by atoms with Gasteiger partial charge in [-0.2, -0.15) is 0 Å². The van der Waals surface area contributed by atoms with Crippen LogP contribution in [0.3, 0.4) is 0 Å². The monoisotopic (exact) mass is 290 g/mol. The number of nitrogens with one attached hydrogen (secondary N) is 1. The molecule has 1 aliphatic rings. The molecular weight excluding hydrogens is 260 g/mol. The summed E-state index contributed by atoms with van der Waals surface area (Å²) in [5.41, 5.74) is 2.78. The Morgan fingerprint density at radius 1 is 1.19 bits per heavy atom. The van der Waals surface area contributed by atoms with Crippen molar-refractivity contribution in [1.29, 1.82) is 0 Å². The van der Waals surface area contributed by atoms with Crippen LogP contribution in [0.25, 0.3) is 0 Å². The second-order valence-corrected chi connectivity index (χ2v) is 6.54. The molecule has 0 spiro atoms. The van der Waals surface area contributed by atoms with Crippen molar-refractivity contribution in [3.8, 4) is 0 Å². The molecule has 118 valence electrons. The first-order chi connectivity index (χ1) is 10.2. The average molecular weight is 290 g/mol. The van der Waals surface area contributed by atoms with Crippen LogP contribution in [0.15, 0.2) is 24.3 Å². The van der Waals surface area contributed by atoms with Crippen molar-refractivity contribution in [3.05, 3.63) is 35.4 Å². The quantitative estimate of drug-likeness (QED) is 0.717. The Kier molecular flexibility index (Phi) is 6.68. The van der Waals surface area contributed by atoms with Crippen molar-refractivity contribution in [1.82, 2.24) is 10.2 Å². The Morgan fingerprint density at radius 3 is 2.43 bits per heavy atom. The maximum atomic E-state index is 5.22. The van der Waals surface area contributed by atoms with Crippen LogP contribution < -0.4 is 5.32 Å². The molecule has 0 aromatic heterocycles. The molecule has 1 fully saturated rings. The Hall–Kier alpha value is -0.900. The first-order valence-electron chi connectivity index (χ1n) is 8.20. The Bertz CT molecular complexity index is 398. The van der Waals surface area contributed by atoms with Crippen LogP contribution >= 0.6 is 0 Å². The lowest BCUT2D eigenvalue weighted by Crippen LogP contribution is -2.29. The fourth-order valence-corrected chi connectivity index (χ4v) is 2.54.